The number of nitrogens with zero attached hydrogens (tertiary/aromatic N) is 1. The van der Waals surface area contributed by atoms with Crippen LogP contribution in [0.15, 0.2) is 30.0 Å². The van der Waals surface area contributed by atoms with Crippen LogP contribution in [-0.2, 0) is 4.79 Å². The molecule has 3 aliphatic heterocycles. The number of benzene rings is 1. The Morgan fingerprint density at radius 2 is 1.94 bits per heavy atom. The highest BCUT2D eigenvalue weighted by Crippen LogP contribution is 2.31. The number of ketones is 1. The Morgan fingerprint density at radius 1 is 1.22 bits per heavy atom. The lowest BCUT2D eigenvalue weighted by atomic mass is 9.94. The third-order valence-electron chi connectivity index (χ3n) is 3.94. The molecule has 0 N–H and O–H groups in total. The van der Waals surface area contributed by atoms with Crippen molar-refractivity contribution in [3.63, 3.8) is 0 Å². The largest absolute Gasteiger partial charge is 0.374 e. The first kappa shape index (κ1) is 11.5. The Labute approximate surface area is 106 Å². The molecule has 0 saturated carbocycles. The molecule has 0 atom stereocenters. The summed E-state index contributed by atoms with van der Waals surface area (Å²) in [4.78, 5) is 14.2. The van der Waals surface area contributed by atoms with Crippen molar-refractivity contribution in [2.45, 2.75) is 19.3 Å². The van der Waals surface area contributed by atoms with Crippen molar-refractivity contribution in [3.05, 3.63) is 41.3 Å². The minimum atomic E-state index is -0.225. The molecule has 3 heterocycles. The number of piperidine rings is 1. The van der Waals surface area contributed by atoms with Crippen LogP contribution in [0.2, 0.25) is 0 Å². The van der Waals surface area contributed by atoms with Crippen LogP contribution in [0.4, 0.5) is 4.39 Å². The van der Waals surface area contributed by atoms with Gasteiger partial charge in [-0.15, -0.1) is 0 Å². The van der Waals surface area contributed by atoms with E-state index in [2.05, 4.69) is 4.90 Å². The topological polar surface area (TPSA) is 20.3 Å². The fraction of sp³-hybridized carbons (Fsp3) is 0.400. The average Bonchev–Trinajstić information content (AvgIpc) is 2.62. The number of hydrogen-bond acceptors (Lipinski definition) is 2. The first-order valence-electron chi connectivity index (χ1n) is 6.47. The minimum absolute atomic E-state index is 0.225. The lowest BCUT2D eigenvalue weighted by Crippen LogP contribution is -2.30. The number of fused-ring (bicyclic) bond motifs is 4. The zero-order chi connectivity index (χ0) is 12.5. The highest BCUT2D eigenvalue weighted by atomic mass is 19.1. The molecule has 4 rings (SSSR count). The van der Waals surface area contributed by atoms with Crippen molar-refractivity contribution in [2.24, 2.45) is 5.92 Å². The Hall–Kier alpha value is -1.64. The molecule has 0 amide bonds. The molecule has 1 aromatic carbocycles. The molecule has 3 heteroatoms. The maximum absolute atomic E-state index is 13.6. The van der Waals surface area contributed by atoms with E-state index in [-0.39, 0.29) is 11.7 Å². The van der Waals surface area contributed by atoms with Gasteiger partial charge in [0.15, 0.2) is 0 Å². The van der Waals surface area contributed by atoms with Crippen molar-refractivity contribution in [2.75, 3.05) is 13.1 Å². The first-order chi connectivity index (χ1) is 8.74. The zero-order valence-corrected chi connectivity index (χ0v) is 10.2. The number of hydrogen-bond donors (Lipinski definition) is 0. The molecule has 0 radical (unpaired) electrons. The van der Waals surface area contributed by atoms with Gasteiger partial charge in [0.2, 0.25) is 0 Å². The molecule has 3 fully saturated rings. The predicted molar refractivity (Wildman–Crippen MR) is 68.3 cm³/mol. The van der Waals surface area contributed by atoms with Gasteiger partial charge >= 0.3 is 0 Å². The van der Waals surface area contributed by atoms with Gasteiger partial charge < -0.3 is 4.90 Å². The van der Waals surface area contributed by atoms with Crippen LogP contribution in [0.5, 0.6) is 0 Å². The number of rotatable bonds is 1. The van der Waals surface area contributed by atoms with Crippen LogP contribution < -0.4 is 0 Å². The molecule has 0 aromatic heterocycles. The zero-order valence-electron chi connectivity index (χ0n) is 10.2. The summed E-state index contributed by atoms with van der Waals surface area (Å²) in [5.74, 6) is 0.322. The molecule has 3 aliphatic rings. The van der Waals surface area contributed by atoms with E-state index >= 15 is 0 Å². The van der Waals surface area contributed by atoms with E-state index in [4.69, 9.17) is 0 Å². The van der Waals surface area contributed by atoms with Gasteiger partial charge in [-0.05, 0) is 25.0 Å². The van der Waals surface area contributed by atoms with Crippen molar-refractivity contribution in [3.8, 4) is 0 Å². The first-order valence-corrected chi connectivity index (χ1v) is 6.47. The second-order valence-electron chi connectivity index (χ2n) is 5.06. The summed E-state index contributed by atoms with van der Waals surface area (Å²) in [7, 11) is 0. The van der Waals surface area contributed by atoms with Gasteiger partial charge in [-0.1, -0.05) is 18.2 Å². The third kappa shape index (κ3) is 2.05. The Kier molecular flexibility index (Phi) is 2.90. The molecule has 0 unspecified atom stereocenters. The van der Waals surface area contributed by atoms with Gasteiger partial charge in [-0.25, -0.2) is 4.39 Å². The second kappa shape index (κ2) is 4.56. The van der Waals surface area contributed by atoms with E-state index in [9.17, 15) is 9.18 Å². The van der Waals surface area contributed by atoms with Crippen molar-refractivity contribution >= 4 is 11.9 Å². The monoisotopic (exact) mass is 245 g/mol. The van der Waals surface area contributed by atoms with E-state index in [0.29, 0.717) is 17.8 Å². The number of allylic oxidation sites excluding steroid dienone is 1. The molecule has 3 saturated heterocycles. The van der Waals surface area contributed by atoms with E-state index in [1.807, 2.05) is 12.1 Å². The predicted octanol–water partition coefficient (Wildman–Crippen LogP) is 2.85. The number of carbonyl (C=O) groups is 1. The molecule has 0 aliphatic carbocycles. The van der Waals surface area contributed by atoms with Crippen LogP contribution in [0.1, 0.15) is 24.8 Å². The molecule has 94 valence electrons. The smallest absolute Gasteiger partial charge is 0.141 e. The lowest BCUT2D eigenvalue weighted by Gasteiger charge is -2.29. The van der Waals surface area contributed by atoms with Crippen LogP contribution >= 0.6 is 0 Å². The number of halogens is 1. The van der Waals surface area contributed by atoms with E-state index in [0.717, 1.165) is 31.6 Å². The molecular formula is C15H16FNO. The standard InChI is InChI=1S/C15H16FNO/c16-14-4-2-1-3-12(14)9-13-10-15(18)11-5-7-17(13)8-6-11/h1-4,9,11H,5-8,10H2/b13-9+. The summed E-state index contributed by atoms with van der Waals surface area (Å²) in [6.45, 7) is 1.85. The maximum atomic E-state index is 13.6. The number of carbonyl (C=O) groups excluding carboxylic acids is 1. The second-order valence-corrected chi connectivity index (χ2v) is 5.06. The number of Topliss-reactive ketones (excluding diaryl/α,β-unsaturated/α-hetero) is 1. The fourth-order valence-electron chi connectivity index (χ4n) is 2.84. The van der Waals surface area contributed by atoms with E-state index in [1.165, 1.54) is 6.07 Å². The van der Waals surface area contributed by atoms with Gasteiger partial charge in [-0.3, -0.25) is 4.79 Å². The van der Waals surface area contributed by atoms with Crippen LogP contribution in [0, 0.1) is 11.7 Å². The Balaban J connectivity index is 1.95. The molecule has 2 nitrogen and oxygen atoms in total. The van der Waals surface area contributed by atoms with Crippen LogP contribution in [-0.4, -0.2) is 23.8 Å². The van der Waals surface area contributed by atoms with E-state index < -0.39 is 0 Å². The van der Waals surface area contributed by atoms with Crippen molar-refractivity contribution in [1.29, 1.82) is 0 Å². The van der Waals surface area contributed by atoms with Gasteiger partial charge in [-0.2, -0.15) is 0 Å². The van der Waals surface area contributed by atoms with Crippen molar-refractivity contribution in [1.82, 2.24) is 4.90 Å². The van der Waals surface area contributed by atoms with Gasteiger partial charge in [0.05, 0.1) is 0 Å². The lowest BCUT2D eigenvalue weighted by molar-refractivity contribution is -0.122. The summed E-state index contributed by atoms with van der Waals surface area (Å²) < 4.78 is 13.6. The van der Waals surface area contributed by atoms with Gasteiger partial charge in [0.25, 0.3) is 0 Å². The summed E-state index contributed by atoms with van der Waals surface area (Å²) in [5, 5.41) is 0. The van der Waals surface area contributed by atoms with Gasteiger partial charge in [0, 0.05) is 36.7 Å². The minimum Gasteiger partial charge on any atom is -0.374 e. The van der Waals surface area contributed by atoms with Crippen LogP contribution in [0.3, 0.4) is 0 Å². The normalized spacial score (nSPS) is 22.6. The van der Waals surface area contributed by atoms with Crippen LogP contribution in [0.25, 0.3) is 6.08 Å². The highest BCUT2D eigenvalue weighted by molar-refractivity contribution is 5.85. The third-order valence-corrected chi connectivity index (χ3v) is 3.94. The molecule has 1 aromatic rings. The summed E-state index contributed by atoms with van der Waals surface area (Å²) in [6, 6.07) is 6.71. The maximum Gasteiger partial charge on any atom is 0.141 e. The summed E-state index contributed by atoms with van der Waals surface area (Å²) in [6.07, 6.45) is 4.20. The molecular weight excluding hydrogens is 229 g/mol. The Morgan fingerprint density at radius 3 is 2.67 bits per heavy atom. The molecule has 18 heavy (non-hydrogen) atoms. The Bertz CT molecular complexity index is 501. The fourth-order valence-corrected chi connectivity index (χ4v) is 2.84. The highest BCUT2D eigenvalue weighted by Gasteiger charge is 2.31. The molecule has 0 spiro atoms. The molecule has 2 bridgehead atoms. The quantitative estimate of drug-likeness (QED) is 0.758. The van der Waals surface area contributed by atoms with E-state index in [1.54, 1.807) is 12.1 Å². The van der Waals surface area contributed by atoms with Gasteiger partial charge in [0.1, 0.15) is 11.6 Å². The van der Waals surface area contributed by atoms with Crippen molar-refractivity contribution < 1.29 is 9.18 Å². The summed E-state index contributed by atoms with van der Waals surface area (Å²) >= 11 is 0. The summed E-state index contributed by atoms with van der Waals surface area (Å²) in [5.41, 5.74) is 1.55. The average molecular weight is 245 g/mol. The SMILES string of the molecule is O=C1C/C(=C\c2ccccc2F)N2CCC1CC2.